The van der Waals surface area contributed by atoms with E-state index in [-0.39, 0.29) is 11.8 Å². The minimum Gasteiger partial charge on any atom is -0.441 e. The molecule has 32 heavy (non-hydrogen) atoms. The zero-order valence-electron chi connectivity index (χ0n) is 18.6. The molecule has 1 aromatic carbocycles. The van der Waals surface area contributed by atoms with E-state index in [4.69, 9.17) is 4.42 Å². The molecular weight excluding hydrogens is 408 g/mol. The summed E-state index contributed by atoms with van der Waals surface area (Å²) in [4.78, 5) is 30.5. The molecule has 2 N–H and O–H groups in total. The fourth-order valence-corrected chi connectivity index (χ4v) is 3.38. The predicted octanol–water partition coefficient (Wildman–Crippen LogP) is 2.37. The molecule has 9 nitrogen and oxygen atoms in total. The summed E-state index contributed by atoms with van der Waals surface area (Å²) in [6.07, 6.45) is 1.24. The Kier molecular flexibility index (Phi) is 5.25. The van der Waals surface area contributed by atoms with Crippen LogP contribution in [-0.4, -0.2) is 38.2 Å². The van der Waals surface area contributed by atoms with E-state index in [1.165, 1.54) is 4.68 Å². The third-order valence-electron chi connectivity index (χ3n) is 5.55. The Morgan fingerprint density at radius 2 is 2.03 bits per heavy atom. The van der Waals surface area contributed by atoms with Gasteiger partial charge in [-0.3, -0.25) is 14.3 Å². The lowest BCUT2D eigenvalue weighted by molar-refractivity contribution is -0.123. The van der Waals surface area contributed by atoms with Gasteiger partial charge in [0.25, 0.3) is 5.91 Å². The third kappa shape index (κ3) is 4.35. The number of nitrogens with zero attached hydrogens (tertiary/aromatic N) is 4. The van der Waals surface area contributed by atoms with Crippen LogP contribution < -0.4 is 10.6 Å². The number of fused-ring (bicyclic) bond motifs is 1. The fraction of sp³-hybridized carbons (Fsp3) is 0.435. The van der Waals surface area contributed by atoms with Crippen LogP contribution in [0.25, 0.3) is 11.1 Å². The number of carbonyl (C=O) groups is 2. The SMILES string of the molecule is Cn1nc(C(C)(C)C)cc1C(=O)NC(Cc1nc2ccccc2o1)C(=O)NC1(C#N)CC1. The monoisotopic (exact) mass is 434 g/mol. The number of amides is 2. The number of aryl methyl sites for hydroxylation is 1. The first kappa shape index (κ1) is 21.6. The zero-order chi connectivity index (χ0) is 23.1. The molecule has 1 aliphatic carbocycles. The topological polar surface area (TPSA) is 126 Å². The predicted molar refractivity (Wildman–Crippen MR) is 117 cm³/mol. The van der Waals surface area contributed by atoms with E-state index in [0.29, 0.717) is 35.5 Å². The maximum atomic E-state index is 13.1. The van der Waals surface area contributed by atoms with Gasteiger partial charge < -0.3 is 15.1 Å². The molecule has 2 heterocycles. The molecule has 0 radical (unpaired) electrons. The van der Waals surface area contributed by atoms with Gasteiger partial charge in [-0.2, -0.15) is 10.4 Å². The highest BCUT2D eigenvalue weighted by Crippen LogP contribution is 2.34. The molecule has 1 aliphatic rings. The van der Waals surface area contributed by atoms with Gasteiger partial charge in [-0.25, -0.2) is 4.98 Å². The van der Waals surface area contributed by atoms with Crippen LogP contribution in [-0.2, 0) is 23.7 Å². The summed E-state index contributed by atoms with van der Waals surface area (Å²) in [7, 11) is 1.69. The van der Waals surface area contributed by atoms with Gasteiger partial charge in [0, 0.05) is 12.5 Å². The maximum Gasteiger partial charge on any atom is 0.270 e. The molecule has 2 amide bonds. The van der Waals surface area contributed by atoms with E-state index in [0.717, 1.165) is 5.69 Å². The van der Waals surface area contributed by atoms with E-state index in [9.17, 15) is 14.9 Å². The molecule has 2 aromatic heterocycles. The molecule has 4 rings (SSSR count). The second-order valence-corrected chi connectivity index (χ2v) is 9.28. The summed E-state index contributed by atoms with van der Waals surface area (Å²) in [6, 6.07) is 10.2. The summed E-state index contributed by atoms with van der Waals surface area (Å²) in [5.41, 5.74) is 1.30. The lowest BCUT2D eigenvalue weighted by Gasteiger charge is -2.19. The minimum atomic E-state index is -0.964. The fourth-order valence-electron chi connectivity index (χ4n) is 3.38. The number of benzene rings is 1. The Bertz CT molecular complexity index is 1190. The summed E-state index contributed by atoms with van der Waals surface area (Å²) in [6.45, 7) is 6.03. The normalized spacial score (nSPS) is 15.7. The summed E-state index contributed by atoms with van der Waals surface area (Å²) >= 11 is 0. The van der Waals surface area contributed by atoms with Gasteiger partial charge in [0.1, 0.15) is 22.8 Å². The van der Waals surface area contributed by atoms with Crippen LogP contribution in [0.15, 0.2) is 34.7 Å². The number of aromatic nitrogens is 3. The first-order valence-electron chi connectivity index (χ1n) is 10.5. The third-order valence-corrected chi connectivity index (χ3v) is 5.55. The number of hydrogen-bond acceptors (Lipinski definition) is 6. The van der Waals surface area contributed by atoms with E-state index in [2.05, 4.69) is 26.8 Å². The van der Waals surface area contributed by atoms with Crippen molar-refractivity contribution in [2.75, 3.05) is 0 Å². The van der Waals surface area contributed by atoms with Crippen LogP contribution in [0.4, 0.5) is 0 Å². The molecular formula is C23H26N6O3. The molecule has 0 aliphatic heterocycles. The Balaban J connectivity index is 1.58. The van der Waals surface area contributed by atoms with E-state index in [1.54, 1.807) is 19.2 Å². The molecule has 0 bridgehead atoms. The maximum absolute atomic E-state index is 13.1. The number of nitriles is 1. The first-order valence-corrected chi connectivity index (χ1v) is 10.5. The Morgan fingerprint density at radius 1 is 1.31 bits per heavy atom. The van der Waals surface area contributed by atoms with Gasteiger partial charge >= 0.3 is 0 Å². The average molecular weight is 435 g/mol. The number of nitrogens with one attached hydrogen (secondary N) is 2. The van der Waals surface area contributed by atoms with Crippen LogP contribution in [0, 0.1) is 11.3 Å². The molecule has 9 heteroatoms. The van der Waals surface area contributed by atoms with Gasteiger partial charge in [0.15, 0.2) is 11.5 Å². The second kappa shape index (κ2) is 7.79. The smallest absolute Gasteiger partial charge is 0.270 e. The number of carbonyl (C=O) groups excluding carboxylic acids is 2. The highest BCUT2D eigenvalue weighted by molar-refractivity contribution is 5.96. The standard InChI is InChI=1S/C23H26N6O3/c1-22(2,3)18-12-16(29(4)28-18)21(31)26-15(20(30)27-23(13-24)9-10-23)11-19-25-14-7-5-6-8-17(14)32-19/h5-8,12,15H,9-11H2,1-4H3,(H,26,31)(H,27,30). The van der Waals surface area contributed by atoms with E-state index in [1.807, 2.05) is 39.0 Å². The van der Waals surface area contributed by atoms with Gasteiger partial charge in [0.2, 0.25) is 5.91 Å². The van der Waals surface area contributed by atoms with Gasteiger partial charge in [-0.1, -0.05) is 32.9 Å². The Hall–Kier alpha value is -3.67. The van der Waals surface area contributed by atoms with Crippen molar-refractivity contribution in [1.29, 1.82) is 5.26 Å². The van der Waals surface area contributed by atoms with E-state index < -0.39 is 23.4 Å². The minimum absolute atomic E-state index is 0.0533. The van der Waals surface area contributed by atoms with E-state index >= 15 is 0 Å². The van der Waals surface area contributed by atoms with Crippen molar-refractivity contribution in [3.8, 4) is 6.07 Å². The molecule has 1 atom stereocenters. The summed E-state index contributed by atoms with van der Waals surface area (Å²) in [5, 5.41) is 19.3. The second-order valence-electron chi connectivity index (χ2n) is 9.28. The molecule has 1 unspecified atom stereocenters. The average Bonchev–Trinajstić information content (AvgIpc) is 3.19. The molecule has 166 valence electrons. The Labute approximate surface area is 185 Å². The highest BCUT2D eigenvalue weighted by atomic mass is 16.3. The molecule has 1 fully saturated rings. The van der Waals surface area contributed by atoms with Crippen molar-refractivity contribution in [2.45, 2.75) is 57.0 Å². The quantitative estimate of drug-likeness (QED) is 0.613. The van der Waals surface area contributed by atoms with Crippen LogP contribution >= 0.6 is 0 Å². The summed E-state index contributed by atoms with van der Waals surface area (Å²) < 4.78 is 7.26. The van der Waals surface area contributed by atoms with Crippen LogP contribution in [0.5, 0.6) is 0 Å². The first-order chi connectivity index (χ1) is 15.1. The number of rotatable bonds is 6. The van der Waals surface area contributed by atoms with Gasteiger partial charge in [0.05, 0.1) is 18.2 Å². The number of para-hydroxylation sites is 2. The molecule has 3 aromatic rings. The molecule has 1 saturated carbocycles. The van der Waals surface area contributed by atoms with Gasteiger partial charge in [-0.15, -0.1) is 0 Å². The lowest BCUT2D eigenvalue weighted by atomic mass is 9.92. The van der Waals surface area contributed by atoms with Crippen LogP contribution in [0.2, 0.25) is 0 Å². The molecule has 0 spiro atoms. The Morgan fingerprint density at radius 3 is 2.62 bits per heavy atom. The lowest BCUT2D eigenvalue weighted by Crippen LogP contribution is -2.51. The van der Waals surface area contributed by atoms with Gasteiger partial charge in [-0.05, 0) is 31.0 Å². The highest BCUT2D eigenvalue weighted by Gasteiger charge is 2.46. The molecule has 0 saturated heterocycles. The van der Waals surface area contributed by atoms with Crippen molar-refractivity contribution in [1.82, 2.24) is 25.4 Å². The number of hydrogen-bond donors (Lipinski definition) is 2. The van der Waals surface area contributed by atoms with Crippen molar-refractivity contribution >= 4 is 22.9 Å². The van der Waals surface area contributed by atoms with Crippen LogP contribution in [0.3, 0.4) is 0 Å². The largest absolute Gasteiger partial charge is 0.441 e. The van der Waals surface area contributed by atoms with Crippen molar-refractivity contribution < 1.29 is 14.0 Å². The number of oxazole rings is 1. The zero-order valence-corrected chi connectivity index (χ0v) is 18.6. The van der Waals surface area contributed by atoms with Crippen molar-refractivity contribution in [3.63, 3.8) is 0 Å². The van der Waals surface area contributed by atoms with Crippen LogP contribution in [0.1, 0.15) is 55.7 Å². The van der Waals surface area contributed by atoms with Crippen molar-refractivity contribution in [3.05, 3.63) is 47.6 Å². The van der Waals surface area contributed by atoms with Crippen molar-refractivity contribution in [2.24, 2.45) is 7.05 Å². The summed E-state index contributed by atoms with van der Waals surface area (Å²) in [5.74, 6) is -0.555.